The number of aliphatic hydroxyl groups is 1. The van der Waals surface area contributed by atoms with Gasteiger partial charge >= 0.3 is 0 Å². The third-order valence-electron chi connectivity index (χ3n) is 2.29. The molecule has 1 nitrogen and oxygen atoms in total. The van der Waals surface area contributed by atoms with E-state index in [2.05, 4.69) is 12.1 Å². The lowest BCUT2D eigenvalue weighted by Gasteiger charge is -2.01. The van der Waals surface area contributed by atoms with Gasteiger partial charge in [-0.15, -0.1) is 11.3 Å². The topological polar surface area (TPSA) is 20.2 Å². The number of benzene rings is 1. The highest BCUT2D eigenvalue weighted by Gasteiger charge is 2.09. The standard InChI is InChI=1S/C11H11ClOS/c1-7(6-13)11-5-8-9(12)3-2-4-10(8)14-11/h2-5,7,13H,6H2,1H3. The SMILES string of the molecule is CC(CO)c1cc2c(Cl)cccc2s1. The molecule has 2 aromatic rings. The van der Waals surface area contributed by atoms with E-state index in [9.17, 15) is 0 Å². The van der Waals surface area contributed by atoms with E-state index in [1.54, 1.807) is 11.3 Å². The van der Waals surface area contributed by atoms with Crippen molar-refractivity contribution in [3.05, 3.63) is 34.2 Å². The summed E-state index contributed by atoms with van der Waals surface area (Å²) in [7, 11) is 0. The summed E-state index contributed by atoms with van der Waals surface area (Å²) in [5, 5.41) is 10.9. The van der Waals surface area contributed by atoms with Crippen molar-refractivity contribution < 1.29 is 5.11 Å². The third kappa shape index (κ3) is 1.65. The fraction of sp³-hybridized carbons (Fsp3) is 0.273. The summed E-state index contributed by atoms with van der Waals surface area (Å²) in [6, 6.07) is 7.97. The van der Waals surface area contributed by atoms with Crippen LogP contribution in [0.5, 0.6) is 0 Å². The van der Waals surface area contributed by atoms with Crippen molar-refractivity contribution in [1.82, 2.24) is 0 Å². The summed E-state index contributed by atoms with van der Waals surface area (Å²) < 4.78 is 1.19. The zero-order valence-electron chi connectivity index (χ0n) is 7.83. The predicted molar refractivity (Wildman–Crippen MR) is 62.3 cm³/mol. The van der Waals surface area contributed by atoms with Crippen LogP contribution < -0.4 is 0 Å². The van der Waals surface area contributed by atoms with Crippen LogP contribution in [-0.2, 0) is 0 Å². The molecule has 0 radical (unpaired) electrons. The van der Waals surface area contributed by atoms with Crippen LogP contribution in [0, 0.1) is 0 Å². The molecule has 1 aromatic carbocycles. The van der Waals surface area contributed by atoms with Crippen LogP contribution in [-0.4, -0.2) is 11.7 Å². The Hall–Kier alpha value is -0.570. The average Bonchev–Trinajstić information content (AvgIpc) is 2.62. The highest BCUT2D eigenvalue weighted by Crippen LogP contribution is 2.34. The van der Waals surface area contributed by atoms with Crippen LogP contribution in [0.1, 0.15) is 17.7 Å². The second-order valence-electron chi connectivity index (χ2n) is 3.38. The van der Waals surface area contributed by atoms with Crippen LogP contribution in [0.3, 0.4) is 0 Å². The molecule has 0 bridgehead atoms. The molecule has 3 heteroatoms. The number of fused-ring (bicyclic) bond motifs is 1. The van der Waals surface area contributed by atoms with Crippen molar-refractivity contribution in [2.24, 2.45) is 0 Å². The van der Waals surface area contributed by atoms with Gasteiger partial charge in [0.15, 0.2) is 0 Å². The lowest BCUT2D eigenvalue weighted by atomic mass is 10.1. The maximum absolute atomic E-state index is 9.06. The minimum absolute atomic E-state index is 0.185. The minimum atomic E-state index is 0.185. The Kier molecular flexibility index (Phi) is 2.77. The Morgan fingerprint density at radius 2 is 2.29 bits per heavy atom. The predicted octanol–water partition coefficient (Wildman–Crippen LogP) is 3.65. The molecule has 1 aromatic heterocycles. The summed E-state index contributed by atoms with van der Waals surface area (Å²) in [5.74, 6) is 0.198. The number of hydrogen-bond donors (Lipinski definition) is 1. The largest absolute Gasteiger partial charge is 0.396 e. The van der Waals surface area contributed by atoms with Gasteiger partial charge in [0, 0.05) is 25.9 Å². The number of rotatable bonds is 2. The maximum atomic E-state index is 9.06. The molecule has 1 N–H and O–H groups in total. The minimum Gasteiger partial charge on any atom is -0.396 e. The molecule has 1 heterocycles. The van der Waals surface area contributed by atoms with E-state index in [0.29, 0.717) is 0 Å². The van der Waals surface area contributed by atoms with Crippen molar-refractivity contribution in [2.45, 2.75) is 12.8 Å². The molecule has 0 spiro atoms. The Morgan fingerprint density at radius 3 is 2.93 bits per heavy atom. The lowest BCUT2D eigenvalue weighted by molar-refractivity contribution is 0.274. The fourth-order valence-electron chi connectivity index (χ4n) is 1.38. The molecule has 0 fully saturated rings. The highest BCUT2D eigenvalue weighted by molar-refractivity contribution is 7.19. The summed E-state index contributed by atoms with van der Waals surface area (Å²) in [4.78, 5) is 1.19. The molecular weight excluding hydrogens is 216 g/mol. The second kappa shape index (κ2) is 3.89. The first kappa shape index (κ1) is 9.97. The number of thiophene rings is 1. The molecule has 0 aliphatic heterocycles. The lowest BCUT2D eigenvalue weighted by Crippen LogP contribution is -1.94. The Morgan fingerprint density at radius 1 is 1.50 bits per heavy atom. The molecule has 0 saturated carbocycles. The Labute approximate surface area is 91.9 Å². The van der Waals surface area contributed by atoms with Gasteiger partial charge in [-0.25, -0.2) is 0 Å². The van der Waals surface area contributed by atoms with Gasteiger partial charge in [-0.05, 0) is 18.2 Å². The van der Waals surface area contributed by atoms with Gasteiger partial charge in [0.05, 0.1) is 6.61 Å². The second-order valence-corrected chi connectivity index (χ2v) is 4.91. The van der Waals surface area contributed by atoms with Gasteiger partial charge in [0.1, 0.15) is 0 Å². The Balaban J connectivity index is 2.56. The van der Waals surface area contributed by atoms with E-state index < -0.39 is 0 Å². The van der Waals surface area contributed by atoms with Crippen LogP contribution in [0.15, 0.2) is 24.3 Å². The molecule has 1 unspecified atom stereocenters. The van der Waals surface area contributed by atoms with Gasteiger partial charge in [0.2, 0.25) is 0 Å². The van der Waals surface area contributed by atoms with E-state index in [4.69, 9.17) is 16.7 Å². The summed E-state index contributed by atoms with van der Waals surface area (Å²) >= 11 is 7.76. The maximum Gasteiger partial charge on any atom is 0.0504 e. The first-order chi connectivity index (χ1) is 6.72. The molecule has 0 saturated heterocycles. The van der Waals surface area contributed by atoms with Gasteiger partial charge in [-0.2, -0.15) is 0 Å². The van der Waals surface area contributed by atoms with E-state index in [1.165, 1.54) is 9.58 Å². The molecule has 0 amide bonds. The summed E-state index contributed by atoms with van der Waals surface area (Å²) in [5.41, 5.74) is 0. The molecule has 14 heavy (non-hydrogen) atoms. The quantitative estimate of drug-likeness (QED) is 0.829. The van der Waals surface area contributed by atoms with Crippen molar-refractivity contribution in [3.63, 3.8) is 0 Å². The van der Waals surface area contributed by atoms with Crippen LogP contribution in [0.4, 0.5) is 0 Å². The first-order valence-corrected chi connectivity index (χ1v) is 5.70. The van der Waals surface area contributed by atoms with Crippen molar-refractivity contribution in [3.8, 4) is 0 Å². The smallest absolute Gasteiger partial charge is 0.0504 e. The molecule has 0 aliphatic carbocycles. The summed E-state index contributed by atoms with van der Waals surface area (Å²) in [6.07, 6.45) is 0. The van der Waals surface area contributed by atoms with Gasteiger partial charge in [0.25, 0.3) is 0 Å². The third-order valence-corrected chi connectivity index (χ3v) is 3.95. The fourth-order valence-corrected chi connectivity index (χ4v) is 2.79. The van der Waals surface area contributed by atoms with E-state index in [-0.39, 0.29) is 12.5 Å². The van der Waals surface area contributed by atoms with E-state index in [1.807, 2.05) is 19.1 Å². The number of aliphatic hydroxyl groups excluding tert-OH is 1. The Bertz CT molecular complexity index is 449. The molecule has 0 aliphatic rings. The van der Waals surface area contributed by atoms with Gasteiger partial charge in [-0.3, -0.25) is 0 Å². The average molecular weight is 227 g/mol. The molecule has 74 valence electrons. The van der Waals surface area contributed by atoms with Gasteiger partial charge < -0.3 is 5.11 Å². The zero-order valence-corrected chi connectivity index (χ0v) is 9.40. The van der Waals surface area contributed by atoms with E-state index >= 15 is 0 Å². The summed E-state index contributed by atoms with van der Waals surface area (Å²) in [6.45, 7) is 2.20. The van der Waals surface area contributed by atoms with E-state index in [0.717, 1.165) is 10.4 Å². The normalized spacial score (nSPS) is 13.4. The van der Waals surface area contributed by atoms with Crippen LogP contribution in [0.2, 0.25) is 5.02 Å². The number of hydrogen-bond acceptors (Lipinski definition) is 2. The monoisotopic (exact) mass is 226 g/mol. The van der Waals surface area contributed by atoms with Crippen molar-refractivity contribution in [2.75, 3.05) is 6.61 Å². The molecule has 2 rings (SSSR count). The number of halogens is 1. The first-order valence-electron chi connectivity index (χ1n) is 4.51. The highest BCUT2D eigenvalue weighted by atomic mass is 35.5. The molecule has 1 atom stereocenters. The van der Waals surface area contributed by atoms with Crippen LogP contribution in [0.25, 0.3) is 10.1 Å². The van der Waals surface area contributed by atoms with Gasteiger partial charge in [-0.1, -0.05) is 24.6 Å². The zero-order chi connectivity index (χ0) is 10.1. The van der Waals surface area contributed by atoms with Crippen molar-refractivity contribution >= 4 is 33.0 Å². The van der Waals surface area contributed by atoms with Crippen molar-refractivity contribution in [1.29, 1.82) is 0 Å². The molecular formula is C11H11ClOS. The van der Waals surface area contributed by atoms with Crippen LogP contribution >= 0.6 is 22.9 Å².